The van der Waals surface area contributed by atoms with Gasteiger partial charge in [-0.25, -0.2) is 0 Å². The normalized spacial score (nSPS) is 12.5. The molecule has 6 heteroatoms. The van der Waals surface area contributed by atoms with Gasteiger partial charge >= 0.3 is 0 Å². The number of hydrogen-bond acceptors (Lipinski definition) is 5. The minimum absolute atomic E-state index is 0.0982. The Labute approximate surface area is 144 Å². The third-order valence-corrected chi connectivity index (χ3v) is 4.21. The summed E-state index contributed by atoms with van der Waals surface area (Å²) >= 11 is 0. The van der Waals surface area contributed by atoms with Crippen molar-refractivity contribution in [2.75, 3.05) is 13.9 Å². The molecular formula is C19H18N2O4. The molecule has 0 saturated carbocycles. The maximum atomic E-state index is 12.3. The molecule has 3 aromatic rings. The van der Waals surface area contributed by atoms with Crippen molar-refractivity contribution >= 4 is 10.9 Å². The highest BCUT2D eigenvalue weighted by atomic mass is 16.7. The average Bonchev–Trinajstić information content (AvgIpc) is 3.09. The summed E-state index contributed by atoms with van der Waals surface area (Å²) in [7, 11) is 1.60. The first-order chi connectivity index (χ1) is 12.2. The molecule has 1 aliphatic rings. The molecule has 0 atom stereocenters. The number of H-pyrrole nitrogens is 1. The Morgan fingerprint density at radius 3 is 2.84 bits per heavy atom. The van der Waals surface area contributed by atoms with Crippen molar-refractivity contribution in [3.05, 3.63) is 63.9 Å². The summed E-state index contributed by atoms with van der Waals surface area (Å²) < 4.78 is 15.9. The zero-order valence-corrected chi connectivity index (χ0v) is 13.8. The molecule has 0 saturated heterocycles. The summed E-state index contributed by atoms with van der Waals surface area (Å²) in [5, 5.41) is 4.27. The summed E-state index contributed by atoms with van der Waals surface area (Å²) in [5.41, 5.74) is 2.44. The van der Waals surface area contributed by atoms with E-state index in [9.17, 15) is 4.79 Å². The number of ether oxygens (including phenoxy) is 3. The van der Waals surface area contributed by atoms with Crippen LogP contribution in [0.25, 0.3) is 10.9 Å². The average molecular weight is 338 g/mol. The molecule has 0 amide bonds. The van der Waals surface area contributed by atoms with E-state index in [0.717, 1.165) is 33.7 Å². The van der Waals surface area contributed by atoms with Crippen LogP contribution >= 0.6 is 0 Å². The van der Waals surface area contributed by atoms with E-state index < -0.39 is 0 Å². The quantitative estimate of drug-likeness (QED) is 0.748. The number of aromatic nitrogens is 1. The molecular weight excluding hydrogens is 320 g/mol. The zero-order valence-electron chi connectivity index (χ0n) is 13.8. The molecule has 0 spiro atoms. The van der Waals surface area contributed by atoms with Gasteiger partial charge in [-0.1, -0.05) is 6.07 Å². The van der Waals surface area contributed by atoms with E-state index in [-0.39, 0.29) is 12.4 Å². The fourth-order valence-electron chi connectivity index (χ4n) is 2.88. The van der Waals surface area contributed by atoms with Gasteiger partial charge in [0.1, 0.15) is 5.75 Å². The topological polar surface area (TPSA) is 72.6 Å². The van der Waals surface area contributed by atoms with Crippen LogP contribution in [0.5, 0.6) is 17.2 Å². The van der Waals surface area contributed by atoms with Gasteiger partial charge in [-0.05, 0) is 41.3 Å². The van der Waals surface area contributed by atoms with Crippen LogP contribution in [0, 0.1) is 0 Å². The third-order valence-electron chi connectivity index (χ3n) is 4.21. The number of benzene rings is 2. The van der Waals surface area contributed by atoms with E-state index >= 15 is 0 Å². The van der Waals surface area contributed by atoms with Crippen LogP contribution in [-0.2, 0) is 13.1 Å². The van der Waals surface area contributed by atoms with E-state index in [4.69, 9.17) is 14.2 Å². The van der Waals surface area contributed by atoms with Crippen LogP contribution in [0.3, 0.4) is 0 Å². The second-order valence-corrected chi connectivity index (χ2v) is 5.87. The molecule has 25 heavy (non-hydrogen) atoms. The minimum atomic E-state index is -0.0982. The van der Waals surface area contributed by atoms with Crippen LogP contribution in [0.1, 0.15) is 11.1 Å². The molecule has 0 aliphatic carbocycles. The first-order valence-corrected chi connectivity index (χ1v) is 8.02. The summed E-state index contributed by atoms with van der Waals surface area (Å²) in [6.07, 6.45) is 0. The van der Waals surface area contributed by atoms with E-state index in [1.54, 1.807) is 7.11 Å². The Morgan fingerprint density at radius 1 is 1.08 bits per heavy atom. The van der Waals surface area contributed by atoms with Gasteiger partial charge in [-0.2, -0.15) is 0 Å². The molecule has 0 fully saturated rings. The first kappa shape index (κ1) is 15.5. The maximum absolute atomic E-state index is 12.3. The van der Waals surface area contributed by atoms with Crippen molar-refractivity contribution in [1.82, 2.24) is 10.3 Å². The molecule has 2 N–H and O–H groups in total. The molecule has 1 aromatic heterocycles. The summed E-state index contributed by atoms with van der Waals surface area (Å²) in [6, 6.07) is 13.4. The SMILES string of the molecule is COc1ccc2cc(CNCc3ccc4c(c3)OCO4)c(=O)[nH]c2c1. The van der Waals surface area contributed by atoms with Gasteiger partial charge in [-0.15, -0.1) is 0 Å². The Balaban J connectivity index is 1.47. The number of methoxy groups -OCH3 is 1. The Morgan fingerprint density at radius 2 is 1.96 bits per heavy atom. The van der Waals surface area contributed by atoms with E-state index in [1.807, 2.05) is 42.5 Å². The zero-order chi connectivity index (χ0) is 17.2. The van der Waals surface area contributed by atoms with E-state index in [2.05, 4.69) is 10.3 Å². The fraction of sp³-hybridized carbons (Fsp3) is 0.211. The van der Waals surface area contributed by atoms with Crippen molar-refractivity contribution in [2.24, 2.45) is 0 Å². The van der Waals surface area contributed by atoms with Gasteiger partial charge in [0.2, 0.25) is 6.79 Å². The van der Waals surface area contributed by atoms with Crippen LogP contribution in [0.4, 0.5) is 0 Å². The maximum Gasteiger partial charge on any atom is 0.252 e. The Bertz CT molecular complexity index is 981. The lowest BCUT2D eigenvalue weighted by atomic mass is 10.1. The number of pyridine rings is 1. The van der Waals surface area contributed by atoms with Gasteiger partial charge in [0.05, 0.1) is 12.6 Å². The summed E-state index contributed by atoms with van der Waals surface area (Å²) in [6.45, 7) is 1.38. The first-order valence-electron chi connectivity index (χ1n) is 8.02. The predicted octanol–water partition coefficient (Wildman–Crippen LogP) is 2.56. The molecule has 0 bridgehead atoms. The number of fused-ring (bicyclic) bond motifs is 2. The van der Waals surface area contributed by atoms with Gasteiger partial charge in [-0.3, -0.25) is 4.79 Å². The highest BCUT2D eigenvalue weighted by molar-refractivity contribution is 5.80. The van der Waals surface area contributed by atoms with Crippen molar-refractivity contribution in [3.63, 3.8) is 0 Å². The standard InChI is InChI=1S/C19H18N2O4/c1-23-15-4-3-13-7-14(19(22)21-16(13)8-15)10-20-9-12-2-5-17-18(6-12)25-11-24-17/h2-8,20H,9-11H2,1H3,(H,21,22). The predicted molar refractivity (Wildman–Crippen MR) is 94.2 cm³/mol. The lowest BCUT2D eigenvalue weighted by molar-refractivity contribution is 0.174. The van der Waals surface area contributed by atoms with E-state index in [0.29, 0.717) is 18.7 Å². The molecule has 0 radical (unpaired) electrons. The smallest absolute Gasteiger partial charge is 0.252 e. The number of hydrogen-bond donors (Lipinski definition) is 2. The minimum Gasteiger partial charge on any atom is -0.497 e. The van der Waals surface area contributed by atoms with Crippen molar-refractivity contribution in [3.8, 4) is 17.2 Å². The monoisotopic (exact) mass is 338 g/mol. The Kier molecular flexibility index (Phi) is 4.03. The second-order valence-electron chi connectivity index (χ2n) is 5.87. The largest absolute Gasteiger partial charge is 0.497 e. The fourth-order valence-corrected chi connectivity index (χ4v) is 2.88. The summed E-state index contributed by atoms with van der Waals surface area (Å²) in [4.78, 5) is 15.2. The van der Waals surface area contributed by atoms with Gasteiger partial charge < -0.3 is 24.5 Å². The van der Waals surface area contributed by atoms with Crippen LogP contribution in [0.2, 0.25) is 0 Å². The number of aromatic amines is 1. The van der Waals surface area contributed by atoms with Crippen LogP contribution < -0.4 is 25.1 Å². The van der Waals surface area contributed by atoms with Crippen molar-refractivity contribution in [1.29, 1.82) is 0 Å². The number of rotatable bonds is 5. The molecule has 4 rings (SSSR count). The Hall–Kier alpha value is -2.99. The van der Waals surface area contributed by atoms with Gasteiger partial charge in [0, 0.05) is 24.7 Å². The highest BCUT2D eigenvalue weighted by Crippen LogP contribution is 2.32. The molecule has 2 heterocycles. The summed E-state index contributed by atoms with van der Waals surface area (Å²) in [5.74, 6) is 2.25. The lowest BCUT2D eigenvalue weighted by Gasteiger charge is -2.08. The second kappa shape index (κ2) is 6.49. The molecule has 128 valence electrons. The lowest BCUT2D eigenvalue weighted by Crippen LogP contribution is -2.20. The van der Waals surface area contributed by atoms with Crippen LogP contribution in [-0.4, -0.2) is 18.9 Å². The molecule has 6 nitrogen and oxygen atoms in total. The van der Waals surface area contributed by atoms with Crippen molar-refractivity contribution < 1.29 is 14.2 Å². The van der Waals surface area contributed by atoms with Crippen molar-refractivity contribution in [2.45, 2.75) is 13.1 Å². The molecule has 1 aliphatic heterocycles. The van der Waals surface area contributed by atoms with Crippen LogP contribution in [0.15, 0.2) is 47.3 Å². The highest BCUT2D eigenvalue weighted by Gasteiger charge is 2.13. The van der Waals surface area contributed by atoms with Gasteiger partial charge in [0.25, 0.3) is 5.56 Å². The molecule has 2 aromatic carbocycles. The van der Waals surface area contributed by atoms with E-state index in [1.165, 1.54) is 0 Å². The number of nitrogens with one attached hydrogen (secondary N) is 2. The third kappa shape index (κ3) is 3.16. The van der Waals surface area contributed by atoms with Gasteiger partial charge in [0.15, 0.2) is 11.5 Å². The molecule has 0 unspecified atom stereocenters.